The predicted octanol–water partition coefficient (Wildman–Crippen LogP) is 4.23. The molecule has 0 aliphatic rings. The van der Waals surface area contributed by atoms with E-state index in [1.165, 1.54) is 12.1 Å². The van der Waals surface area contributed by atoms with Gasteiger partial charge < -0.3 is 23.9 Å². The molecule has 0 saturated carbocycles. The molecule has 0 fully saturated rings. The monoisotopic (exact) mass is 487 g/mol. The number of carbonyl (C=O) groups is 3. The number of amides is 1. The van der Waals surface area contributed by atoms with E-state index in [4.69, 9.17) is 18.6 Å². The van der Waals surface area contributed by atoms with Gasteiger partial charge >= 0.3 is 17.6 Å². The zero-order chi connectivity index (χ0) is 25.0. The number of esters is 2. The Kier molecular flexibility index (Phi) is 7.72. The molecule has 0 saturated heterocycles. The Bertz CT molecular complexity index is 1300. The summed E-state index contributed by atoms with van der Waals surface area (Å²) in [6, 6.07) is 6.30. The van der Waals surface area contributed by atoms with Crippen molar-refractivity contribution in [2.24, 2.45) is 0 Å². The third kappa shape index (κ3) is 5.63. The fraction of sp³-hybridized carbons (Fsp3) is 0.333. The van der Waals surface area contributed by atoms with Crippen LogP contribution in [0, 0.1) is 13.8 Å². The highest BCUT2D eigenvalue weighted by molar-refractivity contribution is 7.18. The van der Waals surface area contributed by atoms with Crippen molar-refractivity contribution in [1.82, 2.24) is 0 Å². The third-order valence-corrected chi connectivity index (χ3v) is 5.89. The molecule has 3 aromatic rings. The second-order valence-electron chi connectivity index (χ2n) is 7.68. The van der Waals surface area contributed by atoms with E-state index < -0.39 is 23.5 Å². The van der Waals surface area contributed by atoms with E-state index in [-0.39, 0.29) is 34.8 Å². The lowest BCUT2D eigenvalue weighted by atomic mass is 10.1. The first-order valence-corrected chi connectivity index (χ1v) is 11.4. The van der Waals surface area contributed by atoms with Crippen LogP contribution in [-0.2, 0) is 14.3 Å². The maximum Gasteiger partial charge on any atom is 0.348 e. The molecular formula is C24H25NO8S. The first kappa shape index (κ1) is 25.0. The van der Waals surface area contributed by atoms with Gasteiger partial charge in [-0.2, -0.15) is 0 Å². The molecule has 0 radical (unpaired) electrons. The molecule has 1 aromatic carbocycles. The molecule has 2 heterocycles. The van der Waals surface area contributed by atoms with Gasteiger partial charge in [0, 0.05) is 17.5 Å². The number of rotatable bonds is 8. The van der Waals surface area contributed by atoms with Crippen LogP contribution in [0.4, 0.5) is 5.00 Å². The standard InChI is InChI=1S/C24H25NO8S/c1-6-30-23(28)20-14(5)21(24(29)32-12(2)3)34-22(20)25-18(26)11-31-15-7-8-16-13(4)9-19(27)33-17(16)10-15/h7-10,12H,6,11H2,1-5H3,(H,25,26). The molecule has 1 N–H and O–H groups in total. The van der Waals surface area contributed by atoms with Crippen LogP contribution in [0.25, 0.3) is 11.0 Å². The normalized spacial score (nSPS) is 10.9. The predicted molar refractivity (Wildman–Crippen MR) is 127 cm³/mol. The molecule has 3 rings (SSSR count). The summed E-state index contributed by atoms with van der Waals surface area (Å²) in [4.78, 5) is 49.3. The van der Waals surface area contributed by atoms with Crippen molar-refractivity contribution in [3.05, 3.63) is 56.3 Å². The number of anilines is 1. The van der Waals surface area contributed by atoms with Crippen LogP contribution < -0.4 is 15.7 Å². The summed E-state index contributed by atoms with van der Waals surface area (Å²) < 4.78 is 21.1. The fourth-order valence-electron chi connectivity index (χ4n) is 3.22. The average molecular weight is 488 g/mol. The van der Waals surface area contributed by atoms with Gasteiger partial charge in [-0.1, -0.05) is 0 Å². The van der Waals surface area contributed by atoms with E-state index in [2.05, 4.69) is 5.32 Å². The van der Waals surface area contributed by atoms with Crippen LogP contribution in [0.2, 0.25) is 0 Å². The topological polar surface area (TPSA) is 121 Å². The van der Waals surface area contributed by atoms with E-state index in [1.54, 1.807) is 46.8 Å². The number of nitrogens with one attached hydrogen (secondary N) is 1. The Labute approximate surface area is 199 Å². The van der Waals surface area contributed by atoms with Crippen LogP contribution in [0.1, 0.15) is 51.9 Å². The first-order valence-electron chi connectivity index (χ1n) is 10.6. The number of fused-ring (bicyclic) bond motifs is 1. The number of benzene rings is 1. The Morgan fingerprint density at radius 3 is 2.53 bits per heavy atom. The lowest BCUT2D eigenvalue weighted by molar-refractivity contribution is -0.118. The van der Waals surface area contributed by atoms with Gasteiger partial charge in [0.2, 0.25) is 0 Å². The summed E-state index contributed by atoms with van der Waals surface area (Å²) in [5.41, 5.74) is 1.09. The molecule has 0 atom stereocenters. The Balaban J connectivity index is 1.79. The zero-order valence-electron chi connectivity index (χ0n) is 19.5. The van der Waals surface area contributed by atoms with E-state index in [0.717, 1.165) is 22.3 Å². The van der Waals surface area contributed by atoms with Crippen molar-refractivity contribution < 1.29 is 33.0 Å². The molecule has 34 heavy (non-hydrogen) atoms. The summed E-state index contributed by atoms with van der Waals surface area (Å²) in [7, 11) is 0. The quantitative estimate of drug-likeness (QED) is 0.370. The van der Waals surface area contributed by atoms with E-state index >= 15 is 0 Å². The maximum atomic E-state index is 12.6. The maximum absolute atomic E-state index is 12.6. The summed E-state index contributed by atoms with van der Waals surface area (Å²) in [5.74, 6) is -1.48. The number of aryl methyl sites for hydroxylation is 1. The van der Waals surface area contributed by atoms with Crippen molar-refractivity contribution in [2.75, 3.05) is 18.5 Å². The van der Waals surface area contributed by atoms with Gasteiger partial charge in [0.1, 0.15) is 21.2 Å². The lowest BCUT2D eigenvalue weighted by Crippen LogP contribution is -2.21. The smallest absolute Gasteiger partial charge is 0.348 e. The molecule has 1 amide bonds. The van der Waals surface area contributed by atoms with E-state index in [9.17, 15) is 19.2 Å². The number of hydrogen-bond donors (Lipinski definition) is 1. The summed E-state index contributed by atoms with van der Waals surface area (Å²) in [6.45, 7) is 8.23. The van der Waals surface area contributed by atoms with Gasteiger partial charge in [0.25, 0.3) is 5.91 Å². The van der Waals surface area contributed by atoms with Crippen LogP contribution in [-0.4, -0.2) is 37.2 Å². The van der Waals surface area contributed by atoms with Crippen molar-refractivity contribution in [2.45, 2.75) is 40.7 Å². The van der Waals surface area contributed by atoms with Gasteiger partial charge in [0.15, 0.2) is 6.61 Å². The number of ether oxygens (including phenoxy) is 3. The number of carbonyl (C=O) groups excluding carboxylic acids is 3. The van der Waals surface area contributed by atoms with Gasteiger partial charge in [-0.05, 0) is 57.9 Å². The van der Waals surface area contributed by atoms with Crippen LogP contribution in [0.15, 0.2) is 33.5 Å². The molecule has 0 bridgehead atoms. The minimum Gasteiger partial charge on any atom is -0.484 e. The highest BCUT2D eigenvalue weighted by Gasteiger charge is 2.27. The minimum atomic E-state index is -0.656. The number of hydrogen-bond acceptors (Lipinski definition) is 9. The van der Waals surface area contributed by atoms with Gasteiger partial charge in [-0.15, -0.1) is 11.3 Å². The largest absolute Gasteiger partial charge is 0.484 e. The minimum absolute atomic E-state index is 0.0962. The Hall–Kier alpha value is -3.66. The van der Waals surface area contributed by atoms with Crippen molar-refractivity contribution >= 4 is 45.2 Å². The molecule has 0 aliphatic heterocycles. The second kappa shape index (κ2) is 10.5. The summed E-state index contributed by atoms with van der Waals surface area (Å²) in [5, 5.41) is 3.54. The second-order valence-corrected chi connectivity index (χ2v) is 8.70. The molecular weight excluding hydrogens is 462 g/mol. The van der Waals surface area contributed by atoms with Gasteiger partial charge in [-0.3, -0.25) is 4.79 Å². The molecule has 9 nitrogen and oxygen atoms in total. The lowest BCUT2D eigenvalue weighted by Gasteiger charge is -2.09. The Morgan fingerprint density at radius 1 is 1.12 bits per heavy atom. The van der Waals surface area contributed by atoms with Crippen molar-refractivity contribution in [1.29, 1.82) is 0 Å². The average Bonchev–Trinajstić information content (AvgIpc) is 3.07. The molecule has 2 aromatic heterocycles. The van der Waals surface area contributed by atoms with Crippen molar-refractivity contribution in [3.63, 3.8) is 0 Å². The number of thiophene rings is 1. The molecule has 10 heteroatoms. The zero-order valence-corrected chi connectivity index (χ0v) is 20.3. The van der Waals surface area contributed by atoms with Gasteiger partial charge in [0.05, 0.1) is 18.3 Å². The fourth-order valence-corrected chi connectivity index (χ4v) is 4.31. The highest BCUT2D eigenvalue weighted by Crippen LogP contribution is 2.34. The van der Waals surface area contributed by atoms with E-state index in [0.29, 0.717) is 16.9 Å². The van der Waals surface area contributed by atoms with E-state index in [1.807, 2.05) is 0 Å². The molecule has 0 spiro atoms. The Morgan fingerprint density at radius 2 is 1.85 bits per heavy atom. The molecule has 0 aliphatic carbocycles. The third-order valence-electron chi connectivity index (χ3n) is 4.70. The van der Waals surface area contributed by atoms with Crippen LogP contribution in [0.5, 0.6) is 5.75 Å². The SMILES string of the molecule is CCOC(=O)c1c(NC(=O)COc2ccc3c(C)cc(=O)oc3c2)sc(C(=O)OC(C)C)c1C. The van der Waals surface area contributed by atoms with Crippen LogP contribution >= 0.6 is 11.3 Å². The summed E-state index contributed by atoms with van der Waals surface area (Å²) >= 11 is 0.933. The molecule has 0 unspecified atom stereocenters. The highest BCUT2D eigenvalue weighted by atomic mass is 32.1. The van der Waals surface area contributed by atoms with Crippen molar-refractivity contribution in [3.8, 4) is 5.75 Å². The molecule has 180 valence electrons. The summed E-state index contributed by atoms with van der Waals surface area (Å²) in [6.07, 6.45) is -0.346. The van der Waals surface area contributed by atoms with Crippen LogP contribution in [0.3, 0.4) is 0 Å². The first-order chi connectivity index (χ1) is 16.1. The van der Waals surface area contributed by atoms with Gasteiger partial charge in [-0.25, -0.2) is 14.4 Å².